The van der Waals surface area contributed by atoms with E-state index in [1.54, 1.807) is 12.1 Å². The zero-order valence-electron chi connectivity index (χ0n) is 15.8. The van der Waals surface area contributed by atoms with Crippen LogP contribution in [0.4, 0.5) is 0 Å². The predicted octanol–water partition coefficient (Wildman–Crippen LogP) is 3.14. The number of carbonyl (C=O) groups is 3. The van der Waals surface area contributed by atoms with Gasteiger partial charge in [0, 0.05) is 22.6 Å². The second kappa shape index (κ2) is 6.19. The van der Waals surface area contributed by atoms with E-state index in [1.165, 1.54) is 20.1 Å². The van der Waals surface area contributed by atoms with Crippen LogP contribution < -0.4 is 4.74 Å². The van der Waals surface area contributed by atoms with E-state index in [1.807, 2.05) is 6.92 Å². The second-order valence-corrected chi connectivity index (χ2v) is 7.53. The van der Waals surface area contributed by atoms with Crippen LogP contribution in [0.5, 0.6) is 17.2 Å². The SMILES string of the molecule is COc1cccc2c1C(=O)c1c(O)c3c(c(O)c1C2=O)CC(C(C)=O)C[C@@H]3C. The van der Waals surface area contributed by atoms with Gasteiger partial charge in [0.25, 0.3) is 0 Å². The molecule has 2 N–H and O–H groups in total. The van der Waals surface area contributed by atoms with Crippen molar-refractivity contribution in [2.75, 3.05) is 7.11 Å². The lowest BCUT2D eigenvalue weighted by molar-refractivity contribution is -0.121. The lowest BCUT2D eigenvalue weighted by atomic mass is 9.71. The first-order chi connectivity index (χ1) is 13.3. The Morgan fingerprint density at radius 3 is 2.39 bits per heavy atom. The maximum Gasteiger partial charge on any atom is 0.202 e. The third kappa shape index (κ3) is 2.30. The monoisotopic (exact) mass is 380 g/mol. The summed E-state index contributed by atoms with van der Waals surface area (Å²) in [6, 6.07) is 4.67. The fraction of sp³-hybridized carbons (Fsp3) is 0.318. The van der Waals surface area contributed by atoms with E-state index in [2.05, 4.69) is 0 Å². The van der Waals surface area contributed by atoms with E-state index in [9.17, 15) is 24.6 Å². The van der Waals surface area contributed by atoms with Crippen molar-refractivity contribution in [2.24, 2.45) is 5.92 Å². The summed E-state index contributed by atoms with van der Waals surface area (Å²) in [4.78, 5) is 38.3. The second-order valence-electron chi connectivity index (χ2n) is 7.53. The number of benzene rings is 2. The first-order valence-electron chi connectivity index (χ1n) is 9.15. The molecule has 0 radical (unpaired) electrons. The molecule has 28 heavy (non-hydrogen) atoms. The van der Waals surface area contributed by atoms with Crippen LogP contribution in [0.3, 0.4) is 0 Å². The van der Waals surface area contributed by atoms with Gasteiger partial charge in [0.2, 0.25) is 5.78 Å². The molecule has 2 aliphatic carbocycles. The van der Waals surface area contributed by atoms with Crippen LogP contribution in [0.1, 0.15) is 69.2 Å². The zero-order valence-corrected chi connectivity index (χ0v) is 15.8. The van der Waals surface area contributed by atoms with Crippen molar-refractivity contribution in [2.45, 2.75) is 32.6 Å². The van der Waals surface area contributed by atoms with Gasteiger partial charge in [-0.15, -0.1) is 0 Å². The molecule has 0 spiro atoms. The van der Waals surface area contributed by atoms with Gasteiger partial charge in [-0.1, -0.05) is 19.1 Å². The van der Waals surface area contributed by atoms with E-state index in [0.29, 0.717) is 17.5 Å². The molecule has 2 aliphatic rings. The standard InChI is InChI=1S/C22H20O6/c1-9-7-11(10(2)23)8-13-15(9)21(26)18-17(20(13)25)19(24)12-5-4-6-14(28-3)16(12)22(18)27/h4-6,9,11,25-26H,7-8H2,1-3H3/t9-,11?/m0/s1. The zero-order chi connectivity index (χ0) is 20.3. The van der Waals surface area contributed by atoms with Gasteiger partial charge in [0.1, 0.15) is 23.0 Å². The number of Topliss-reactive ketones (excluding diaryl/α,β-unsaturated/α-hetero) is 1. The molecular formula is C22H20O6. The lowest BCUT2D eigenvalue weighted by Crippen LogP contribution is -2.27. The van der Waals surface area contributed by atoms with Crippen LogP contribution in [0.25, 0.3) is 0 Å². The molecule has 6 heteroatoms. The summed E-state index contributed by atoms with van der Waals surface area (Å²) in [6.07, 6.45) is 0.740. The number of fused-ring (bicyclic) bond motifs is 3. The molecule has 0 aliphatic heterocycles. The molecule has 0 bridgehead atoms. The van der Waals surface area contributed by atoms with Gasteiger partial charge < -0.3 is 14.9 Å². The van der Waals surface area contributed by atoms with Gasteiger partial charge in [-0.05, 0) is 31.7 Å². The number of ketones is 3. The van der Waals surface area contributed by atoms with Crippen LogP contribution in [0, 0.1) is 5.92 Å². The Balaban J connectivity index is 2.02. The molecule has 2 atom stereocenters. The van der Waals surface area contributed by atoms with Gasteiger partial charge in [0.05, 0.1) is 23.8 Å². The van der Waals surface area contributed by atoms with E-state index in [4.69, 9.17) is 4.74 Å². The maximum atomic E-state index is 13.2. The number of hydrogen-bond donors (Lipinski definition) is 2. The van der Waals surface area contributed by atoms with Gasteiger partial charge >= 0.3 is 0 Å². The van der Waals surface area contributed by atoms with Crippen molar-refractivity contribution >= 4 is 17.3 Å². The van der Waals surface area contributed by atoms with Crippen molar-refractivity contribution in [1.29, 1.82) is 0 Å². The molecule has 0 amide bonds. The molecule has 0 fully saturated rings. The summed E-state index contributed by atoms with van der Waals surface area (Å²) < 4.78 is 5.24. The quantitative estimate of drug-likeness (QED) is 0.663. The summed E-state index contributed by atoms with van der Waals surface area (Å²) >= 11 is 0. The van der Waals surface area contributed by atoms with E-state index in [-0.39, 0.29) is 63.5 Å². The Morgan fingerprint density at radius 1 is 1.07 bits per heavy atom. The Hall–Kier alpha value is -3.15. The molecule has 2 aromatic carbocycles. The number of carbonyl (C=O) groups excluding carboxylic acids is 3. The van der Waals surface area contributed by atoms with Crippen molar-refractivity contribution in [1.82, 2.24) is 0 Å². The Labute approximate surface area is 161 Å². The van der Waals surface area contributed by atoms with Crippen molar-refractivity contribution in [3.8, 4) is 17.2 Å². The van der Waals surface area contributed by atoms with Gasteiger partial charge in [-0.2, -0.15) is 0 Å². The third-order valence-electron chi connectivity index (χ3n) is 5.92. The number of methoxy groups -OCH3 is 1. The van der Waals surface area contributed by atoms with Crippen LogP contribution in [-0.4, -0.2) is 34.7 Å². The fourth-order valence-electron chi connectivity index (χ4n) is 4.54. The summed E-state index contributed by atoms with van der Waals surface area (Å²) in [5, 5.41) is 21.9. The Bertz CT molecular complexity index is 1070. The van der Waals surface area contributed by atoms with Gasteiger partial charge in [-0.25, -0.2) is 0 Å². The smallest absolute Gasteiger partial charge is 0.202 e. The number of rotatable bonds is 2. The maximum absolute atomic E-state index is 13.2. The first-order valence-corrected chi connectivity index (χ1v) is 9.15. The minimum absolute atomic E-state index is 0.00778. The fourth-order valence-corrected chi connectivity index (χ4v) is 4.54. The Kier molecular flexibility index (Phi) is 4.03. The first kappa shape index (κ1) is 18.2. The molecule has 0 aromatic heterocycles. The molecule has 2 aromatic rings. The molecule has 0 heterocycles. The van der Waals surface area contributed by atoms with Crippen LogP contribution in [0.15, 0.2) is 18.2 Å². The summed E-state index contributed by atoms with van der Waals surface area (Å²) in [7, 11) is 1.40. The summed E-state index contributed by atoms with van der Waals surface area (Å²) in [6.45, 7) is 3.33. The van der Waals surface area contributed by atoms with Crippen molar-refractivity contribution < 1.29 is 29.3 Å². The van der Waals surface area contributed by atoms with Gasteiger partial charge in [-0.3, -0.25) is 14.4 Å². The van der Waals surface area contributed by atoms with Crippen LogP contribution in [-0.2, 0) is 11.2 Å². The molecule has 4 rings (SSSR count). The summed E-state index contributed by atoms with van der Waals surface area (Å²) in [5.74, 6) is -2.01. The highest BCUT2D eigenvalue weighted by Crippen LogP contribution is 2.50. The van der Waals surface area contributed by atoms with E-state index in [0.717, 1.165) is 0 Å². The van der Waals surface area contributed by atoms with Crippen molar-refractivity contribution in [3.05, 3.63) is 51.6 Å². The van der Waals surface area contributed by atoms with Crippen molar-refractivity contribution in [3.63, 3.8) is 0 Å². The largest absolute Gasteiger partial charge is 0.507 e. The number of phenols is 2. The number of ether oxygens (including phenoxy) is 1. The topological polar surface area (TPSA) is 101 Å². The number of phenolic OH excluding ortho intramolecular Hbond substituents is 2. The average molecular weight is 380 g/mol. The lowest BCUT2D eigenvalue weighted by Gasteiger charge is -2.32. The molecule has 1 unspecified atom stereocenters. The summed E-state index contributed by atoms with van der Waals surface area (Å²) in [5.41, 5.74) is 0.640. The highest BCUT2D eigenvalue weighted by Gasteiger charge is 2.42. The van der Waals surface area contributed by atoms with E-state index < -0.39 is 11.6 Å². The minimum Gasteiger partial charge on any atom is -0.507 e. The predicted molar refractivity (Wildman–Crippen MR) is 101 cm³/mol. The molecule has 144 valence electrons. The van der Waals surface area contributed by atoms with Crippen LogP contribution >= 0.6 is 0 Å². The van der Waals surface area contributed by atoms with E-state index >= 15 is 0 Å². The number of aromatic hydroxyl groups is 2. The van der Waals surface area contributed by atoms with Crippen LogP contribution in [0.2, 0.25) is 0 Å². The molecular weight excluding hydrogens is 360 g/mol. The Morgan fingerprint density at radius 2 is 1.75 bits per heavy atom. The number of hydrogen-bond acceptors (Lipinski definition) is 6. The average Bonchev–Trinajstić information content (AvgIpc) is 2.67. The molecule has 0 saturated carbocycles. The third-order valence-corrected chi connectivity index (χ3v) is 5.92. The molecule has 0 saturated heterocycles. The van der Waals surface area contributed by atoms with Gasteiger partial charge in [0.15, 0.2) is 5.78 Å². The highest BCUT2D eigenvalue weighted by molar-refractivity contribution is 6.31. The normalized spacial score (nSPS) is 20.2. The minimum atomic E-state index is -0.557. The molecule has 6 nitrogen and oxygen atoms in total. The highest BCUT2D eigenvalue weighted by atomic mass is 16.5.